The van der Waals surface area contributed by atoms with Crippen molar-refractivity contribution < 1.29 is 4.79 Å². The second-order valence-corrected chi connectivity index (χ2v) is 4.42. The molecule has 20 heavy (non-hydrogen) atoms. The highest BCUT2D eigenvalue weighted by molar-refractivity contribution is 5.95. The summed E-state index contributed by atoms with van der Waals surface area (Å²) >= 11 is 0. The maximum atomic E-state index is 12.1. The standard InChI is InChI=1S/C16H17NO.C2H6/c1-12-8-6-7-11-15(12)16(18)17-13(2)14-9-4-3-5-10-14;1-2/h3-11,13H,1-2H3,(H,17,18);1-2H3. The van der Waals surface area contributed by atoms with Gasteiger partial charge in [0, 0.05) is 5.56 Å². The molecule has 0 heterocycles. The first-order chi connectivity index (χ1) is 9.68. The van der Waals surface area contributed by atoms with Crippen molar-refractivity contribution in [1.82, 2.24) is 5.32 Å². The minimum atomic E-state index is -0.0237. The van der Waals surface area contributed by atoms with Gasteiger partial charge in [-0.25, -0.2) is 0 Å². The van der Waals surface area contributed by atoms with Gasteiger partial charge in [-0.1, -0.05) is 62.4 Å². The molecule has 2 rings (SSSR count). The number of hydrogen-bond acceptors (Lipinski definition) is 1. The molecule has 0 saturated carbocycles. The third-order valence-corrected chi connectivity index (χ3v) is 3.04. The SMILES string of the molecule is CC.Cc1ccccc1C(=O)NC(C)c1ccccc1. The van der Waals surface area contributed by atoms with Crippen molar-refractivity contribution in [2.24, 2.45) is 0 Å². The van der Waals surface area contributed by atoms with E-state index >= 15 is 0 Å². The Morgan fingerprint density at radius 2 is 1.50 bits per heavy atom. The van der Waals surface area contributed by atoms with E-state index in [1.807, 2.05) is 82.3 Å². The van der Waals surface area contributed by atoms with Gasteiger partial charge in [0.2, 0.25) is 0 Å². The van der Waals surface area contributed by atoms with Crippen LogP contribution in [0.25, 0.3) is 0 Å². The van der Waals surface area contributed by atoms with Crippen LogP contribution < -0.4 is 5.32 Å². The largest absolute Gasteiger partial charge is 0.346 e. The summed E-state index contributed by atoms with van der Waals surface area (Å²) in [5, 5.41) is 3.01. The number of carbonyl (C=O) groups is 1. The van der Waals surface area contributed by atoms with Crippen molar-refractivity contribution in [2.45, 2.75) is 33.7 Å². The van der Waals surface area contributed by atoms with Gasteiger partial charge in [-0.05, 0) is 31.0 Å². The van der Waals surface area contributed by atoms with Gasteiger partial charge in [-0.3, -0.25) is 4.79 Å². The maximum absolute atomic E-state index is 12.1. The fourth-order valence-electron chi connectivity index (χ4n) is 1.93. The molecule has 0 bridgehead atoms. The summed E-state index contributed by atoms with van der Waals surface area (Å²) in [4.78, 5) is 12.1. The van der Waals surface area contributed by atoms with Crippen LogP contribution in [0, 0.1) is 6.92 Å². The molecule has 2 aromatic carbocycles. The molecule has 0 aliphatic carbocycles. The van der Waals surface area contributed by atoms with Crippen LogP contribution in [-0.4, -0.2) is 5.91 Å². The molecule has 2 nitrogen and oxygen atoms in total. The Kier molecular flexibility index (Phi) is 6.51. The number of nitrogens with one attached hydrogen (secondary N) is 1. The summed E-state index contributed by atoms with van der Waals surface area (Å²) in [5.74, 6) is -0.0237. The van der Waals surface area contributed by atoms with E-state index in [0.717, 1.165) is 16.7 Å². The van der Waals surface area contributed by atoms with Crippen molar-refractivity contribution in [3.8, 4) is 0 Å². The molecule has 0 fully saturated rings. The van der Waals surface area contributed by atoms with Crippen LogP contribution in [0.5, 0.6) is 0 Å². The maximum Gasteiger partial charge on any atom is 0.252 e. The lowest BCUT2D eigenvalue weighted by molar-refractivity contribution is 0.0939. The van der Waals surface area contributed by atoms with Crippen LogP contribution >= 0.6 is 0 Å². The number of amides is 1. The van der Waals surface area contributed by atoms with Gasteiger partial charge >= 0.3 is 0 Å². The Hall–Kier alpha value is -2.09. The molecular weight excluding hydrogens is 246 g/mol. The van der Waals surface area contributed by atoms with Crippen molar-refractivity contribution in [1.29, 1.82) is 0 Å². The molecule has 1 unspecified atom stereocenters. The van der Waals surface area contributed by atoms with Crippen molar-refractivity contribution in [3.05, 3.63) is 71.3 Å². The van der Waals surface area contributed by atoms with Gasteiger partial charge in [0.05, 0.1) is 6.04 Å². The lowest BCUT2D eigenvalue weighted by Crippen LogP contribution is -2.27. The zero-order chi connectivity index (χ0) is 15.0. The second kappa shape index (κ2) is 8.16. The van der Waals surface area contributed by atoms with E-state index in [1.54, 1.807) is 0 Å². The van der Waals surface area contributed by atoms with E-state index in [-0.39, 0.29) is 11.9 Å². The zero-order valence-electron chi connectivity index (χ0n) is 12.7. The second-order valence-electron chi connectivity index (χ2n) is 4.42. The zero-order valence-corrected chi connectivity index (χ0v) is 12.7. The third kappa shape index (κ3) is 4.23. The highest BCUT2D eigenvalue weighted by atomic mass is 16.1. The van der Waals surface area contributed by atoms with E-state index in [9.17, 15) is 4.79 Å². The average Bonchev–Trinajstić information content (AvgIpc) is 2.50. The first-order valence-corrected chi connectivity index (χ1v) is 7.10. The highest BCUT2D eigenvalue weighted by Crippen LogP contribution is 2.13. The van der Waals surface area contributed by atoms with Gasteiger partial charge in [-0.15, -0.1) is 0 Å². The normalized spacial score (nSPS) is 11.0. The summed E-state index contributed by atoms with van der Waals surface area (Å²) in [5.41, 5.74) is 2.84. The van der Waals surface area contributed by atoms with Crippen LogP contribution in [0.2, 0.25) is 0 Å². The predicted octanol–water partition coefficient (Wildman–Crippen LogP) is 4.51. The summed E-state index contributed by atoms with van der Waals surface area (Å²) in [6.07, 6.45) is 0. The fraction of sp³-hybridized carbons (Fsp3) is 0.278. The number of hydrogen-bond donors (Lipinski definition) is 1. The van der Waals surface area contributed by atoms with E-state index in [4.69, 9.17) is 0 Å². The quantitative estimate of drug-likeness (QED) is 0.872. The summed E-state index contributed by atoms with van der Waals surface area (Å²) in [6.45, 7) is 7.94. The molecule has 0 aliphatic rings. The Bertz CT molecular complexity index is 534. The monoisotopic (exact) mass is 269 g/mol. The first-order valence-electron chi connectivity index (χ1n) is 7.10. The van der Waals surface area contributed by atoms with Gasteiger partial charge in [0.15, 0.2) is 0 Å². The molecule has 0 radical (unpaired) electrons. The van der Waals surface area contributed by atoms with Crippen LogP contribution in [0.1, 0.15) is 48.3 Å². The van der Waals surface area contributed by atoms with Crippen molar-refractivity contribution in [3.63, 3.8) is 0 Å². The molecule has 1 N–H and O–H groups in total. The van der Waals surface area contributed by atoms with Gasteiger partial charge in [0.1, 0.15) is 0 Å². The van der Waals surface area contributed by atoms with Gasteiger partial charge < -0.3 is 5.32 Å². The van der Waals surface area contributed by atoms with Gasteiger partial charge in [0.25, 0.3) is 5.91 Å². The summed E-state index contributed by atoms with van der Waals surface area (Å²) in [7, 11) is 0. The lowest BCUT2D eigenvalue weighted by Gasteiger charge is -2.15. The Morgan fingerprint density at radius 1 is 0.950 bits per heavy atom. The fourth-order valence-corrected chi connectivity index (χ4v) is 1.93. The van der Waals surface area contributed by atoms with E-state index in [2.05, 4.69) is 5.32 Å². The van der Waals surface area contributed by atoms with Crippen LogP contribution in [-0.2, 0) is 0 Å². The van der Waals surface area contributed by atoms with Crippen LogP contribution in [0.15, 0.2) is 54.6 Å². The molecule has 0 saturated heterocycles. The molecule has 2 heteroatoms. The third-order valence-electron chi connectivity index (χ3n) is 3.04. The van der Waals surface area contributed by atoms with E-state index in [1.165, 1.54) is 0 Å². The topological polar surface area (TPSA) is 29.1 Å². The number of aryl methyl sites for hydroxylation is 1. The van der Waals surface area contributed by atoms with Gasteiger partial charge in [-0.2, -0.15) is 0 Å². The Balaban J connectivity index is 0.000000956. The molecular formula is C18H23NO. The van der Waals surface area contributed by atoms with E-state index in [0.29, 0.717) is 0 Å². The minimum absolute atomic E-state index is 0.0123. The number of carbonyl (C=O) groups excluding carboxylic acids is 1. The molecule has 0 spiro atoms. The smallest absolute Gasteiger partial charge is 0.252 e. The van der Waals surface area contributed by atoms with Crippen LogP contribution in [0.4, 0.5) is 0 Å². The molecule has 0 aliphatic heterocycles. The molecule has 2 aromatic rings. The highest BCUT2D eigenvalue weighted by Gasteiger charge is 2.12. The van der Waals surface area contributed by atoms with Crippen LogP contribution in [0.3, 0.4) is 0 Å². The molecule has 0 aromatic heterocycles. The van der Waals surface area contributed by atoms with Crippen molar-refractivity contribution in [2.75, 3.05) is 0 Å². The lowest BCUT2D eigenvalue weighted by atomic mass is 10.1. The van der Waals surface area contributed by atoms with E-state index < -0.39 is 0 Å². The first kappa shape index (κ1) is 16.0. The minimum Gasteiger partial charge on any atom is -0.346 e. The summed E-state index contributed by atoms with van der Waals surface area (Å²) in [6, 6.07) is 17.6. The Labute approximate surface area is 121 Å². The average molecular weight is 269 g/mol. The summed E-state index contributed by atoms with van der Waals surface area (Å²) < 4.78 is 0. The number of rotatable bonds is 3. The molecule has 106 valence electrons. The molecule has 1 amide bonds. The predicted molar refractivity (Wildman–Crippen MR) is 84.9 cm³/mol. The Morgan fingerprint density at radius 3 is 2.10 bits per heavy atom. The molecule has 1 atom stereocenters. The van der Waals surface area contributed by atoms with Crippen molar-refractivity contribution >= 4 is 5.91 Å². The number of benzene rings is 2.